The lowest BCUT2D eigenvalue weighted by Gasteiger charge is -2.19. The number of nitrogens with zero attached hydrogens (tertiary/aromatic N) is 1. The summed E-state index contributed by atoms with van der Waals surface area (Å²) in [6, 6.07) is 5.26. The zero-order valence-electron chi connectivity index (χ0n) is 9.86. The highest BCUT2D eigenvalue weighted by molar-refractivity contribution is 5.80. The van der Waals surface area contributed by atoms with Gasteiger partial charge in [-0.1, -0.05) is 6.07 Å². The lowest BCUT2D eigenvalue weighted by Crippen LogP contribution is -2.31. The Morgan fingerprint density at radius 3 is 2.38 bits per heavy atom. The van der Waals surface area contributed by atoms with Crippen LogP contribution in [0.25, 0.3) is 0 Å². The van der Waals surface area contributed by atoms with Crippen molar-refractivity contribution in [3.63, 3.8) is 0 Å². The Morgan fingerprint density at radius 1 is 1.25 bits per heavy atom. The van der Waals surface area contributed by atoms with Gasteiger partial charge in [0.15, 0.2) is 0 Å². The number of hydrogen-bond donors (Lipinski definition) is 2. The molecule has 0 radical (unpaired) electrons. The maximum Gasteiger partial charge on any atom is 0.227 e. The van der Waals surface area contributed by atoms with E-state index in [2.05, 4.69) is 0 Å². The van der Waals surface area contributed by atoms with Crippen molar-refractivity contribution >= 4 is 17.3 Å². The molecular weight excluding hydrogens is 202 g/mol. The summed E-state index contributed by atoms with van der Waals surface area (Å²) in [5.41, 5.74) is 13.4. The molecule has 0 aromatic heterocycles. The number of carbonyl (C=O) groups excluding carboxylic acids is 1. The Hall–Kier alpha value is -1.71. The number of likely N-dealkylation sites (N-methyl/N-ethyl adjacent to an activating group) is 1. The fourth-order valence-corrected chi connectivity index (χ4v) is 1.63. The molecule has 0 saturated carbocycles. The lowest BCUT2D eigenvalue weighted by atomic mass is 10.1. The highest BCUT2D eigenvalue weighted by atomic mass is 16.2. The molecule has 0 aliphatic carbocycles. The number of carbonyl (C=O) groups is 1. The topological polar surface area (TPSA) is 72.3 Å². The fourth-order valence-electron chi connectivity index (χ4n) is 1.63. The molecule has 4 nitrogen and oxygen atoms in total. The summed E-state index contributed by atoms with van der Waals surface area (Å²) >= 11 is 0. The van der Waals surface area contributed by atoms with Gasteiger partial charge in [-0.25, -0.2) is 0 Å². The molecule has 0 fully saturated rings. The predicted molar refractivity (Wildman–Crippen MR) is 66.9 cm³/mol. The van der Waals surface area contributed by atoms with Crippen LogP contribution in [0.3, 0.4) is 0 Å². The van der Waals surface area contributed by atoms with E-state index in [0.717, 1.165) is 18.7 Å². The molecule has 4 N–H and O–H groups in total. The van der Waals surface area contributed by atoms with Crippen LogP contribution in [0.15, 0.2) is 18.2 Å². The van der Waals surface area contributed by atoms with Crippen LogP contribution in [0.2, 0.25) is 0 Å². The van der Waals surface area contributed by atoms with Gasteiger partial charge >= 0.3 is 0 Å². The molecule has 1 aromatic rings. The standard InChI is InChI=1S/C12H19N3O/c1-3-15(4-2)12(16)7-9-5-6-10(13)8-11(9)14/h5-6,8H,3-4,7,13-14H2,1-2H3. The summed E-state index contributed by atoms with van der Waals surface area (Å²) in [6.07, 6.45) is 0.341. The Balaban J connectivity index is 2.76. The van der Waals surface area contributed by atoms with E-state index >= 15 is 0 Å². The van der Waals surface area contributed by atoms with E-state index in [9.17, 15) is 4.79 Å². The first-order valence-corrected chi connectivity index (χ1v) is 5.50. The Labute approximate surface area is 96.2 Å². The van der Waals surface area contributed by atoms with Gasteiger partial charge in [0, 0.05) is 24.5 Å². The number of rotatable bonds is 4. The molecule has 0 heterocycles. The minimum Gasteiger partial charge on any atom is -0.399 e. The third-order valence-electron chi connectivity index (χ3n) is 2.63. The van der Waals surface area contributed by atoms with Crippen molar-refractivity contribution in [1.82, 2.24) is 4.90 Å². The number of nitrogens with two attached hydrogens (primary N) is 2. The molecule has 0 aliphatic heterocycles. The molecule has 0 unspecified atom stereocenters. The van der Waals surface area contributed by atoms with Crippen molar-refractivity contribution in [1.29, 1.82) is 0 Å². The molecule has 1 amide bonds. The van der Waals surface area contributed by atoms with Crippen LogP contribution in [0.5, 0.6) is 0 Å². The minimum atomic E-state index is 0.0986. The number of amides is 1. The van der Waals surface area contributed by atoms with Gasteiger partial charge in [-0.3, -0.25) is 4.79 Å². The van der Waals surface area contributed by atoms with Gasteiger partial charge in [0.1, 0.15) is 0 Å². The molecule has 88 valence electrons. The summed E-state index contributed by atoms with van der Waals surface area (Å²) in [5, 5.41) is 0. The van der Waals surface area contributed by atoms with Gasteiger partial charge in [-0.15, -0.1) is 0 Å². The summed E-state index contributed by atoms with van der Waals surface area (Å²) in [5.74, 6) is 0.0986. The first-order valence-electron chi connectivity index (χ1n) is 5.50. The van der Waals surface area contributed by atoms with Crippen LogP contribution in [0.1, 0.15) is 19.4 Å². The van der Waals surface area contributed by atoms with Crippen LogP contribution in [-0.4, -0.2) is 23.9 Å². The third-order valence-corrected chi connectivity index (χ3v) is 2.63. The number of nitrogen functional groups attached to an aromatic ring is 2. The van der Waals surface area contributed by atoms with Crippen LogP contribution in [0, 0.1) is 0 Å². The first kappa shape index (κ1) is 12.4. The zero-order chi connectivity index (χ0) is 12.1. The highest BCUT2D eigenvalue weighted by Crippen LogP contribution is 2.16. The molecule has 1 aromatic carbocycles. The molecule has 16 heavy (non-hydrogen) atoms. The minimum absolute atomic E-state index is 0.0986. The summed E-state index contributed by atoms with van der Waals surface area (Å²) in [4.78, 5) is 13.6. The van der Waals surface area contributed by atoms with Crippen molar-refractivity contribution in [3.8, 4) is 0 Å². The molecule has 0 bridgehead atoms. The van der Waals surface area contributed by atoms with E-state index in [4.69, 9.17) is 11.5 Å². The second-order valence-electron chi connectivity index (χ2n) is 3.70. The van der Waals surface area contributed by atoms with Gasteiger partial charge in [0.05, 0.1) is 6.42 Å². The van der Waals surface area contributed by atoms with Crippen molar-refractivity contribution in [2.24, 2.45) is 0 Å². The van der Waals surface area contributed by atoms with Crippen molar-refractivity contribution in [2.45, 2.75) is 20.3 Å². The van der Waals surface area contributed by atoms with E-state index in [-0.39, 0.29) is 5.91 Å². The molecular formula is C12H19N3O. The SMILES string of the molecule is CCN(CC)C(=O)Cc1ccc(N)cc1N. The zero-order valence-corrected chi connectivity index (χ0v) is 9.86. The van der Waals surface area contributed by atoms with E-state index < -0.39 is 0 Å². The van der Waals surface area contributed by atoms with Crippen molar-refractivity contribution in [2.75, 3.05) is 24.6 Å². The molecule has 0 saturated heterocycles. The molecule has 0 spiro atoms. The average Bonchev–Trinajstić information content (AvgIpc) is 2.24. The van der Waals surface area contributed by atoms with E-state index in [0.29, 0.717) is 17.8 Å². The molecule has 4 heteroatoms. The maximum atomic E-state index is 11.9. The van der Waals surface area contributed by atoms with Gasteiger partial charge in [-0.05, 0) is 31.5 Å². The largest absolute Gasteiger partial charge is 0.399 e. The number of anilines is 2. The summed E-state index contributed by atoms with van der Waals surface area (Å²) in [6.45, 7) is 5.38. The fraction of sp³-hybridized carbons (Fsp3) is 0.417. The highest BCUT2D eigenvalue weighted by Gasteiger charge is 2.11. The average molecular weight is 221 g/mol. The van der Waals surface area contributed by atoms with Crippen molar-refractivity contribution < 1.29 is 4.79 Å². The van der Waals surface area contributed by atoms with Crippen LogP contribution >= 0.6 is 0 Å². The van der Waals surface area contributed by atoms with E-state index in [1.807, 2.05) is 19.9 Å². The molecule has 1 rings (SSSR count). The number of benzene rings is 1. The molecule has 0 aliphatic rings. The van der Waals surface area contributed by atoms with Crippen molar-refractivity contribution in [3.05, 3.63) is 23.8 Å². The third kappa shape index (κ3) is 2.89. The van der Waals surface area contributed by atoms with Gasteiger partial charge < -0.3 is 16.4 Å². The van der Waals surface area contributed by atoms with E-state index in [1.54, 1.807) is 17.0 Å². The normalized spacial score (nSPS) is 10.1. The Kier molecular flexibility index (Phi) is 4.17. The summed E-state index contributed by atoms with van der Waals surface area (Å²) < 4.78 is 0. The van der Waals surface area contributed by atoms with Gasteiger partial charge in [0.25, 0.3) is 0 Å². The van der Waals surface area contributed by atoms with Crippen LogP contribution < -0.4 is 11.5 Å². The molecule has 0 atom stereocenters. The quantitative estimate of drug-likeness (QED) is 0.752. The lowest BCUT2D eigenvalue weighted by molar-refractivity contribution is -0.130. The summed E-state index contributed by atoms with van der Waals surface area (Å²) in [7, 11) is 0. The number of hydrogen-bond acceptors (Lipinski definition) is 3. The first-order chi connectivity index (χ1) is 7.58. The van der Waals surface area contributed by atoms with E-state index in [1.165, 1.54) is 0 Å². The smallest absolute Gasteiger partial charge is 0.227 e. The second-order valence-corrected chi connectivity index (χ2v) is 3.70. The Bertz CT molecular complexity index is 373. The van der Waals surface area contributed by atoms with Crippen LogP contribution in [-0.2, 0) is 11.2 Å². The Morgan fingerprint density at radius 2 is 1.88 bits per heavy atom. The van der Waals surface area contributed by atoms with Crippen LogP contribution in [0.4, 0.5) is 11.4 Å². The maximum absolute atomic E-state index is 11.9. The monoisotopic (exact) mass is 221 g/mol. The van der Waals surface area contributed by atoms with Gasteiger partial charge in [0.2, 0.25) is 5.91 Å². The van der Waals surface area contributed by atoms with Gasteiger partial charge in [-0.2, -0.15) is 0 Å². The second kappa shape index (κ2) is 5.39. The predicted octanol–water partition coefficient (Wildman–Crippen LogP) is 1.26.